The molecule has 2 heterocycles. The van der Waals surface area contributed by atoms with Crippen LogP contribution in [0.3, 0.4) is 0 Å². The first-order valence-electron chi connectivity index (χ1n) is 7.58. The van der Waals surface area contributed by atoms with Crippen molar-refractivity contribution in [2.45, 2.75) is 38.4 Å². The van der Waals surface area contributed by atoms with E-state index in [1.807, 2.05) is 6.07 Å². The molecule has 0 bridgehead atoms. The van der Waals surface area contributed by atoms with Crippen LogP contribution in [0.2, 0.25) is 0 Å². The van der Waals surface area contributed by atoms with Crippen LogP contribution in [0.15, 0.2) is 12.1 Å². The Morgan fingerprint density at radius 3 is 2.59 bits per heavy atom. The number of aryl methyl sites for hydroxylation is 1. The van der Waals surface area contributed by atoms with E-state index in [-0.39, 0.29) is 46.2 Å². The zero-order valence-corrected chi connectivity index (χ0v) is 16.4. The van der Waals surface area contributed by atoms with Crippen molar-refractivity contribution >= 4 is 34.0 Å². The Morgan fingerprint density at radius 1 is 1.27 bits per heavy atom. The fourth-order valence-corrected chi connectivity index (χ4v) is 3.54. The molecule has 1 aromatic rings. The molecule has 3 rings (SSSR count). The lowest BCUT2D eigenvalue weighted by molar-refractivity contribution is -0.0350. The Hall–Kier alpha value is -0.140. The Labute approximate surface area is 153 Å². The van der Waals surface area contributed by atoms with Gasteiger partial charge in [-0.25, -0.2) is 0 Å². The Morgan fingerprint density at radius 2 is 1.95 bits per heavy atom. The van der Waals surface area contributed by atoms with Crippen LogP contribution in [0, 0.1) is 6.92 Å². The maximum absolute atomic E-state index is 10.2. The first-order chi connectivity index (χ1) is 9.69. The normalized spacial score (nSPS) is 24.3. The van der Waals surface area contributed by atoms with E-state index in [0.29, 0.717) is 12.3 Å². The van der Waals surface area contributed by atoms with Gasteiger partial charge in [0.25, 0.3) is 0 Å². The number of nitrogens with two attached hydrogens (primary N) is 1. The molecule has 1 saturated heterocycles. The molecule has 0 spiro atoms. The average Bonchev–Trinajstić information content (AvgIpc) is 2.95. The first kappa shape index (κ1) is 19.9. The molecule has 2 aliphatic rings. The highest BCUT2D eigenvalue weighted by Crippen LogP contribution is 2.37. The van der Waals surface area contributed by atoms with E-state index in [1.165, 1.54) is 25.9 Å². The topological polar surface area (TPSA) is 58.7 Å². The first-order valence-corrected chi connectivity index (χ1v) is 7.58. The van der Waals surface area contributed by atoms with Gasteiger partial charge in [-0.05, 0) is 50.0 Å². The number of phenolic OH excluding ortho intramolecular Hbond substituents is 1. The Kier molecular flexibility index (Phi) is 7.82. The van der Waals surface area contributed by atoms with Gasteiger partial charge in [0.2, 0.25) is 0 Å². The van der Waals surface area contributed by atoms with Gasteiger partial charge >= 0.3 is 0 Å². The minimum atomic E-state index is -0.0848. The quantitative estimate of drug-likeness (QED) is 0.763. The third-order valence-corrected chi connectivity index (χ3v) is 4.54. The van der Waals surface area contributed by atoms with Crippen molar-refractivity contribution < 1.29 is 9.84 Å². The van der Waals surface area contributed by atoms with E-state index in [0.717, 1.165) is 29.7 Å². The molecular formula is C16H26Br2N2O2. The minimum absolute atomic E-state index is 0. The summed E-state index contributed by atoms with van der Waals surface area (Å²) < 4.78 is 6.18. The molecule has 0 unspecified atom stereocenters. The number of phenols is 1. The maximum Gasteiger partial charge on any atom is 0.119 e. The molecule has 0 aliphatic carbocycles. The lowest BCUT2D eigenvalue weighted by Crippen LogP contribution is -2.39. The van der Waals surface area contributed by atoms with Gasteiger partial charge in [-0.1, -0.05) is 6.07 Å². The molecule has 4 nitrogen and oxygen atoms in total. The highest BCUT2D eigenvalue weighted by atomic mass is 79.9. The fourth-order valence-electron chi connectivity index (χ4n) is 3.54. The molecule has 126 valence electrons. The molecule has 0 amide bonds. The zero-order valence-electron chi connectivity index (χ0n) is 13.0. The highest BCUT2D eigenvalue weighted by molar-refractivity contribution is 8.93. The van der Waals surface area contributed by atoms with E-state index in [1.54, 1.807) is 6.07 Å². The maximum atomic E-state index is 10.2. The van der Waals surface area contributed by atoms with Crippen molar-refractivity contribution in [3.8, 4) is 5.75 Å². The number of hydrogen-bond acceptors (Lipinski definition) is 4. The summed E-state index contributed by atoms with van der Waals surface area (Å²) in [6.45, 7) is 5.81. The summed E-state index contributed by atoms with van der Waals surface area (Å²) >= 11 is 0. The number of fused-ring (bicyclic) bond motifs is 1. The summed E-state index contributed by atoms with van der Waals surface area (Å²) in [4.78, 5) is 2.45. The van der Waals surface area contributed by atoms with E-state index < -0.39 is 0 Å². The molecule has 0 radical (unpaired) electrons. The standard InChI is InChI=1S/C16H24N2O2.2BrH/c1-11-4-5-14(19)13-8-12(10-18-6-2-3-7-18)20-15(9-17)16(11)13;;/h4-5,12,15,19H,2-3,6-10,17H2,1H3;2*1H/t12-,15-;;/m0../s1. The molecule has 2 aliphatic heterocycles. The van der Waals surface area contributed by atoms with Crippen molar-refractivity contribution in [2.24, 2.45) is 5.73 Å². The van der Waals surface area contributed by atoms with Crippen molar-refractivity contribution in [1.82, 2.24) is 4.90 Å². The third kappa shape index (κ3) is 4.03. The summed E-state index contributed by atoms with van der Waals surface area (Å²) in [5.74, 6) is 0.388. The predicted molar refractivity (Wildman–Crippen MR) is 99.5 cm³/mol. The number of halogens is 2. The predicted octanol–water partition coefficient (Wildman–Crippen LogP) is 2.89. The molecule has 1 fully saturated rings. The van der Waals surface area contributed by atoms with Crippen LogP contribution in [0.1, 0.15) is 35.6 Å². The summed E-state index contributed by atoms with van der Waals surface area (Å²) in [7, 11) is 0. The van der Waals surface area contributed by atoms with Crippen LogP contribution in [-0.2, 0) is 11.2 Å². The molecule has 22 heavy (non-hydrogen) atoms. The van der Waals surface area contributed by atoms with Gasteiger partial charge in [-0.15, -0.1) is 34.0 Å². The van der Waals surface area contributed by atoms with Crippen molar-refractivity contribution in [2.75, 3.05) is 26.2 Å². The third-order valence-electron chi connectivity index (χ3n) is 4.54. The van der Waals surface area contributed by atoms with Crippen LogP contribution >= 0.6 is 34.0 Å². The highest BCUT2D eigenvalue weighted by Gasteiger charge is 2.31. The number of hydrogen-bond donors (Lipinski definition) is 2. The monoisotopic (exact) mass is 436 g/mol. The van der Waals surface area contributed by atoms with Crippen LogP contribution in [-0.4, -0.2) is 42.3 Å². The van der Waals surface area contributed by atoms with Crippen molar-refractivity contribution in [1.29, 1.82) is 0 Å². The van der Waals surface area contributed by atoms with Crippen molar-refractivity contribution in [3.05, 3.63) is 28.8 Å². The average molecular weight is 438 g/mol. The summed E-state index contributed by atoms with van der Waals surface area (Å²) in [6.07, 6.45) is 3.41. The number of nitrogens with zero attached hydrogens (tertiary/aromatic N) is 1. The van der Waals surface area contributed by atoms with Gasteiger partial charge < -0.3 is 20.5 Å². The number of rotatable bonds is 3. The van der Waals surface area contributed by atoms with Crippen LogP contribution in [0.5, 0.6) is 5.75 Å². The smallest absolute Gasteiger partial charge is 0.119 e. The Balaban J connectivity index is 0.00000121. The second-order valence-electron chi connectivity index (χ2n) is 5.99. The van der Waals surface area contributed by atoms with Gasteiger partial charge in [-0.2, -0.15) is 0 Å². The number of likely N-dealkylation sites (tertiary alicyclic amines) is 1. The van der Waals surface area contributed by atoms with Crippen LogP contribution < -0.4 is 5.73 Å². The minimum Gasteiger partial charge on any atom is -0.508 e. The molecule has 2 atom stereocenters. The van der Waals surface area contributed by atoms with Crippen molar-refractivity contribution in [3.63, 3.8) is 0 Å². The lowest BCUT2D eigenvalue weighted by atomic mass is 9.89. The number of ether oxygens (including phenoxy) is 1. The fraction of sp³-hybridized carbons (Fsp3) is 0.625. The molecule has 1 aromatic carbocycles. The Bertz CT molecular complexity index is 493. The molecule has 0 saturated carbocycles. The van der Waals surface area contributed by atoms with Crippen LogP contribution in [0.25, 0.3) is 0 Å². The van der Waals surface area contributed by atoms with Gasteiger partial charge in [0.15, 0.2) is 0 Å². The van der Waals surface area contributed by atoms with Gasteiger partial charge in [-0.3, -0.25) is 0 Å². The lowest BCUT2D eigenvalue weighted by Gasteiger charge is -2.35. The van der Waals surface area contributed by atoms with E-state index in [9.17, 15) is 5.11 Å². The number of aromatic hydroxyl groups is 1. The largest absolute Gasteiger partial charge is 0.508 e. The second-order valence-corrected chi connectivity index (χ2v) is 5.99. The summed E-state index contributed by atoms with van der Waals surface area (Å²) in [6, 6.07) is 3.74. The molecule has 0 aromatic heterocycles. The van der Waals surface area contributed by atoms with Gasteiger partial charge in [0.1, 0.15) is 5.75 Å². The molecule has 6 heteroatoms. The molecular weight excluding hydrogens is 412 g/mol. The SMILES string of the molecule is Br.Br.Cc1ccc(O)c2c1[C@H](CN)O[C@H](CN1CCCC1)C2. The summed E-state index contributed by atoms with van der Waals surface area (Å²) in [5.41, 5.74) is 9.19. The van der Waals surface area contributed by atoms with Gasteiger partial charge in [0.05, 0.1) is 12.2 Å². The zero-order chi connectivity index (χ0) is 14.1. The number of benzene rings is 1. The van der Waals surface area contributed by atoms with E-state index in [4.69, 9.17) is 10.5 Å². The van der Waals surface area contributed by atoms with Crippen LogP contribution in [0.4, 0.5) is 0 Å². The second kappa shape index (κ2) is 8.64. The van der Waals surface area contributed by atoms with E-state index in [2.05, 4.69) is 11.8 Å². The summed E-state index contributed by atoms with van der Waals surface area (Å²) in [5, 5.41) is 10.2. The van der Waals surface area contributed by atoms with E-state index >= 15 is 0 Å². The van der Waals surface area contributed by atoms with Gasteiger partial charge in [0, 0.05) is 25.1 Å². The molecule has 3 N–H and O–H groups in total.